The van der Waals surface area contributed by atoms with Gasteiger partial charge in [-0.2, -0.15) is 0 Å². The van der Waals surface area contributed by atoms with Crippen molar-refractivity contribution in [3.05, 3.63) is 93.2 Å². The number of halogens is 1. The van der Waals surface area contributed by atoms with E-state index in [2.05, 4.69) is 0 Å². The van der Waals surface area contributed by atoms with Gasteiger partial charge in [-0.3, -0.25) is 19.3 Å². The van der Waals surface area contributed by atoms with Gasteiger partial charge >= 0.3 is 0 Å². The van der Waals surface area contributed by atoms with Crippen molar-refractivity contribution in [1.82, 2.24) is 4.68 Å². The lowest BCUT2D eigenvalue weighted by Gasteiger charge is -2.49. The van der Waals surface area contributed by atoms with E-state index in [-0.39, 0.29) is 17.3 Å². The van der Waals surface area contributed by atoms with Crippen LogP contribution in [0, 0.1) is 11.2 Å². The second-order valence-corrected chi connectivity index (χ2v) is 10.1. The molecule has 1 aromatic heterocycles. The molecule has 34 heavy (non-hydrogen) atoms. The second kappa shape index (κ2) is 7.99. The summed E-state index contributed by atoms with van der Waals surface area (Å²) in [6.07, 6.45) is 2.52. The number of benzene rings is 2. The summed E-state index contributed by atoms with van der Waals surface area (Å²) in [7, 11) is 0. The first-order valence-corrected chi connectivity index (χ1v) is 12.3. The molecule has 1 fully saturated rings. The van der Waals surface area contributed by atoms with Crippen molar-refractivity contribution in [2.24, 2.45) is 5.41 Å². The summed E-state index contributed by atoms with van der Waals surface area (Å²) in [5.41, 5.74) is 1.04. The largest absolute Gasteiger partial charge is 0.503 e. The highest BCUT2D eigenvalue weighted by molar-refractivity contribution is 7.98. The third-order valence-corrected chi connectivity index (χ3v) is 8.39. The molecule has 0 radical (unpaired) electrons. The molecule has 0 aliphatic carbocycles. The Morgan fingerprint density at radius 1 is 1.03 bits per heavy atom. The highest BCUT2D eigenvalue weighted by Crippen LogP contribution is 2.47. The molecule has 1 N–H and O–H groups in total. The van der Waals surface area contributed by atoms with Crippen LogP contribution in [0.5, 0.6) is 5.75 Å². The fourth-order valence-electron chi connectivity index (χ4n) is 5.48. The van der Waals surface area contributed by atoms with E-state index < -0.39 is 22.6 Å². The van der Waals surface area contributed by atoms with Crippen molar-refractivity contribution in [3.63, 3.8) is 0 Å². The van der Waals surface area contributed by atoms with Gasteiger partial charge in [0.2, 0.25) is 5.43 Å². The Balaban J connectivity index is 1.64. The summed E-state index contributed by atoms with van der Waals surface area (Å²) >= 11 is 1.59. The topological polar surface area (TPSA) is 71.8 Å². The number of pyridine rings is 1. The van der Waals surface area contributed by atoms with Crippen molar-refractivity contribution >= 4 is 17.5 Å². The molecule has 1 atom stereocenters. The molecular formula is C26H23FN2O4S. The number of carbonyl (C=O) groups excluding carboxylic acids is 1. The van der Waals surface area contributed by atoms with Crippen LogP contribution >= 0.6 is 11.8 Å². The van der Waals surface area contributed by atoms with Gasteiger partial charge in [-0.25, -0.2) is 4.39 Å². The molecule has 0 amide bonds. The predicted molar refractivity (Wildman–Crippen MR) is 127 cm³/mol. The van der Waals surface area contributed by atoms with Gasteiger partial charge in [-0.05, 0) is 36.1 Å². The quantitative estimate of drug-likeness (QED) is 0.570. The van der Waals surface area contributed by atoms with Gasteiger partial charge in [-0.1, -0.05) is 30.3 Å². The summed E-state index contributed by atoms with van der Waals surface area (Å²) in [4.78, 5) is 27.2. The zero-order chi connectivity index (χ0) is 23.4. The number of aromatic hydroxyl groups is 1. The summed E-state index contributed by atoms with van der Waals surface area (Å²) in [5, 5.41) is 12.8. The number of hydrogen-bond acceptors (Lipinski definition) is 6. The Bertz CT molecular complexity index is 1370. The number of nitrogens with zero attached hydrogens (tertiary/aromatic N) is 2. The number of fused-ring (bicyclic) bond motifs is 3. The first-order valence-electron chi connectivity index (χ1n) is 11.3. The van der Waals surface area contributed by atoms with Gasteiger partial charge in [-0.15, -0.1) is 11.8 Å². The number of ether oxygens (including phenoxy) is 1. The monoisotopic (exact) mass is 478 g/mol. The first kappa shape index (κ1) is 21.4. The predicted octanol–water partition coefficient (Wildman–Crippen LogP) is 4.02. The van der Waals surface area contributed by atoms with Crippen molar-refractivity contribution < 1.29 is 19.0 Å². The van der Waals surface area contributed by atoms with Crippen LogP contribution in [0.4, 0.5) is 4.39 Å². The number of hydrogen-bond donors (Lipinski definition) is 1. The minimum absolute atomic E-state index is 0.00650. The lowest BCUT2D eigenvalue weighted by Crippen LogP contribution is -2.57. The molecule has 0 bridgehead atoms. The number of aromatic nitrogens is 1. The van der Waals surface area contributed by atoms with Crippen molar-refractivity contribution in [1.29, 1.82) is 0 Å². The van der Waals surface area contributed by atoms with Crippen LogP contribution in [0.1, 0.15) is 46.1 Å². The molecule has 2 aromatic carbocycles. The molecule has 6 rings (SSSR count). The van der Waals surface area contributed by atoms with E-state index in [0.717, 1.165) is 16.0 Å². The van der Waals surface area contributed by atoms with E-state index in [4.69, 9.17) is 4.74 Å². The number of thioether (sulfide) groups is 1. The van der Waals surface area contributed by atoms with Crippen LogP contribution in [-0.4, -0.2) is 35.3 Å². The number of carbonyl (C=O) groups is 1. The Morgan fingerprint density at radius 3 is 2.62 bits per heavy atom. The number of Topliss-reactive ketones (excluding diaryl/α,β-unsaturated/α-hetero) is 1. The molecule has 8 heteroatoms. The van der Waals surface area contributed by atoms with Crippen molar-refractivity contribution in [2.45, 2.75) is 29.5 Å². The van der Waals surface area contributed by atoms with Crippen LogP contribution in [0.2, 0.25) is 0 Å². The Kier molecular flexibility index (Phi) is 5.04. The standard InChI is InChI=1S/C26H23FN2O4S/c27-19-6-3-5-16-18(19)14-34-21-7-2-1-4-17(21)22(16)29-15-26(9-12-33-13-10-26)25(32)23-24(31)20(30)8-11-28(23)29/h1-8,11,22,31H,9-10,12-15H2. The van der Waals surface area contributed by atoms with E-state index in [1.807, 2.05) is 35.3 Å². The van der Waals surface area contributed by atoms with Crippen molar-refractivity contribution in [3.8, 4) is 5.75 Å². The Hall–Kier alpha value is -3.10. The minimum Gasteiger partial charge on any atom is -0.503 e. The Labute approximate surface area is 199 Å². The summed E-state index contributed by atoms with van der Waals surface area (Å²) in [5.74, 6) is -0.555. The highest BCUT2D eigenvalue weighted by Gasteiger charge is 2.50. The highest BCUT2D eigenvalue weighted by atomic mass is 32.2. The maximum Gasteiger partial charge on any atom is 0.224 e. The second-order valence-electron chi connectivity index (χ2n) is 9.08. The average Bonchev–Trinajstić information content (AvgIpc) is 3.02. The zero-order valence-electron chi connectivity index (χ0n) is 18.4. The van der Waals surface area contributed by atoms with E-state index >= 15 is 4.39 Å². The molecule has 4 heterocycles. The average molecular weight is 479 g/mol. The van der Waals surface area contributed by atoms with Gasteiger partial charge in [0.15, 0.2) is 17.2 Å². The zero-order valence-corrected chi connectivity index (χ0v) is 19.2. The molecule has 3 aliphatic heterocycles. The van der Waals surface area contributed by atoms with Gasteiger partial charge < -0.3 is 9.84 Å². The lowest BCUT2D eigenvalue weighted by molar-refractivity contribution is 0.0123. The fraction of sp³-hybridized carbons (Fsp3) is 0.308. The molecule has 174 valence electrons. The normalized spacial score (nSPS) is 20.9. The summed E-state index contributed by atoms with van der Waals surface area (Å²) in [6.45, 7) is 1.23. The maximum atomic E-state index is 15.0. The van der Waals surface area contributed by atoms with Crippen LogP contribution < -0.4 is 10.4 Å². The number of rotatable bonds is 1. The van der Waals surface area contributed by atoms with E-state index in [1.54, 1.807) is 28.7 Å². The summed E-state index contributed by atoms with van der Waals surface area (Å²) in [6, 6.07) is 14.0. The summed E-state index contributed by atoms with van der Waals surface area (Å²) < 4.78 is 22.2. The molecule has 1 saturated heterocycles. The molecule has 1 spiro atoms. The molecular weight excluding hydrogens is 455 g/mol. The van der Waals surface area contributed by atoms with Crippen LogP contribution in [0.25, 0.3) is 0 Å². The molecule has 1 unspecified atom stereocenters. The molecule has 3 aliphatic rings. The van der Waals surface area contributed by atoms with E-state index in [1.165, 1.54) is 12.1 Å². The maximum absolute atomic E-state index is 15.0. The van der Waals surface area contributed by atoms with Gasteiger partial charge in [0.1, 0.15) is 5.82 Å². The van der Waals surface area contributed by atoms with E-state index in [9.17, 15) is 14.7 Å². The molecule has 0 saturated carbocycles. The minimum atomic E-state index is -0.800. The van der Waals surface area contributed by atoms with Gasteiger partial charge in [0.05, 0.1) is 11.5 Å². The fourth-order valence-corrected chi connectivity index (χ4v) is 6.60. The van der Waals surface area contributed by atoms with E-state index in [0.29, 0.717) is 43.9 Å². The van der Waals surface area contributed by atoms with Gasteiger partial charge in [0, 0.05) is 48.2 Å². The van der Waals surface area contributed by atoms with Crippen LogP contribution in [0.15, 0.2) is 64.4 Å². The number of ketones is 1. The third-order valence-electron chi connectivity index (χ3n) is 7.28. The van der Waals surface area contributed by atoms with Crippen molar-refractivity contribution in [2.75, 3.05) is 24.8 Å². The molecule has 6 nitrogen and oxygen atoms in total. The first-order chi connectivity index (χ1) is 16.5. The SMILES string of the molecule is O=C1c2c(O)c(=O)ccn2N(C2c3ccccc3SCc3c(F)cccc32)CC12CCOCC2. The van der Waals surface area contributed by atoms with Gasteiger partial charge in [0.25, 0.3) is 0 Å². The molecule has 3 aromatic rings. The third kappa shape index (κ3) is 3.12. The Morgan fingerprint density at radius 2 is 1.79 bits per heavy atom. The smallest absolute Gasteiger partial charge is 0.224 e. The van der Waals surface area contributed by atoms with Crippen LogP contribution in [-0.2, 0) is 10.5 Å². The van der Waals surface area contributed by atoms with Crippen LogP contribution in [0.3, 0.4) is 0 Å². The lowest BCUT2D eigenvalue weighted by atomic mass is 9.73.